The Morgan fingerprint density at radius 3 is 2.42 bits per heavy atom. The number of carbonyl (C=O) groups excluding carboxylic acids is 1. The number of benzene rings is 2. The van der Waals surface area contributed by atoms with Crippen LogP contribution in [-0.2, 0) is 24.3 Å². The number of aryl methyl sites for hydroxylation is 1. The van der Waals surface area contributed by atoms with E-state index in [0.29, 0.717) is 32.9 Å². The molecule has 31 heavy (non-hydrogen) atoms. The van der Waals surface area contributed by atoms with E-state index in [-0.39, 0.29) is 25.3 Å². The van der Waals surface area contributed by atoms with Gasteiger partial charge in [0.15, 0.2) is 11.6 Å². The van der Waals surface area contributed by atoms with Gasteiger partial charge in [0.2, 0.25) is 0 Å². The van der Waals surface area contributed by atoms with E-state index in [2.05, 4.69) is 5.10 Å². The van der Waals surface area contributed by atoms with Crippen LogP contribution in [0.2, 0.25) is 15.1 Å². The smallest absolute Gasteiger partial charge is 0.346 e. The zero-order valence-corrected chi connectivity index (χ0v) is 19.4. The highest BCUT2D eigenvalue weighted by molar-refractivity contribution is 6.42. The number of halogens is 3. The first-order valence-corrected chi connectivity index (χ1v) is 10.8. The molecule has 1 heterocycles. The fourth-order valence-corrected chi connectivity index (χ4v) is 3.69. The van der Waals surface area contributed by atoms with Gasteiger partial charge in [-0.25, -0.2) is 9.48 Å². The molecule has 0 spiro atoms. The lowest BCUT2D eigenvalue weighted by Gasteiger charge is -2.18. The van der Waals surface area contributed by atoms with Crippen LogP contribution in [0.15, 0.2) is 47.3 Å². The minimum Gasteiger partial charge on any atom is -0.389 e. The van der Waals surface area contributed by atoms with Crippen LogP contribution in [0.3, 0.4) is 0 Å². The molecule has 0 atom stereocenters. The Hall–Kier alpha value is -2.12. The van der Waals surface area contributed by atoms with Gasteiger partial charge in [-0.2, -0.15) is 0 Å². The van der Waals surface area contributed by atoms with Gasteiger partial charge < -0.3 is 5.11 Å². The first kappa shape index (κ1) is 23.5. The summed E-state index contributed by atoms with van der Waals surface area (Å²) in [7, 11) is 0. The number of ketones is 1. The molecule has 0 bridgehead atoms. The van der Waals surface area contributed by atoms with E-state index >= 15 is 0 Å². The summed E-state index contributed by atoms with van der Waals surface area (Å²) in [6.45, 7) is 3.04. The van der Waals surface area contributed by atoms with Crippen LogP contribution < -0.4 is 5.69 Å². The van der Waals surface area contributed by atoms with Crippen LogP contribution in [0, 0.1) is 0 Å². The van der Waals surface area contributed by atoms with Gasteiger partial charge in [0.1, 0.15) is 6.54 Å². The van der Waals surface area contributed by atoms with E-state index in [0.717, 1.165) is 10.2 Å². The number of aromatic nitrogens is 3. The van der Waals surface area contributed by atoms with Crippen molar-refractivity contribution in [3.63, 3.8) is 0 Å². The van der Waals surface area contributed by atoms with Crippen LogP contribution in [-0.4, -0.2) is 30.8 Å². The highest BCUT2D eigenvalue weighted by Gasteiger charge is 2.22. The normalized spacial score (nSPS) is 11.7. The Morgan fingerprint density at radius 2 is 1.77 bits per heavy atom. The lowest BCUT2D eigenvalue weighted by Crippen LogP contribution is -2.34. The molecule has 2 aromatic carbocycles. The maximum atomic E-state index is 13.0. The fraction of sp³-hybridized carbons (Fsp3) is 0.318. The molecule has 0 aliphatic rings. The number of carbonyl (C=O) groups is 1. The third-order valence-electron chi connectivity index (χ3n) is 4.60. The summed E-state index contributed by atoms with van der Waals surface area (Å²) < 4.78 is 2.49. The maximum Gasteiger partial charge on any atom is 0.346 e. The third kappa shape index (κ3) is 5.98. The Morgan fingerprint density at radius 1 is 1.10 bits per heavy atom. The summed E-state index contributed by atoms with van der Waals surface area (Å²) >= 11 is 18.2. The standard InChI is InChI=1S/C22H22Cl3N3O3/c1-22(2,31)13-27-20(15-6-9-16(23)10-7-15)26-28(21(27)30)12-17(29)11-8-14-4-3-5-18(24)19(14)25/h3-7,9-10,31H,8,11-13H2,1-2H3. The van der Waals surface area contributed by atoms with Crippen molar-refractivity contribution in [3.8, 4) is 11.4 Å². The first-order valence-electron chi connectivity index (χ1n) is 9.66. The van der Waals surface area contributed by atoms with Gasteiger partial charge in [-0.15, -0.1) is 5.10 Å². The molecule has 164 valence electrons. The third-order valence-corrected chi connectivity index (χ3v) is 5.71. The summed E-state index contributed by atoms with van der Waals surface area (Å²) in [5, 5.41) is 16.0. The van der Waals surface area contributed by atoms with Gasteiger partial charge in [0.05, 0.1) is 22.2 Å². The molecule has 6 nitrogen and oxygen atoms in total. The summed E-state index contributed by atoms with van der Waals surface area (Å²) in [6, 6.07) is 12.1. The second-order valence-electron chi connectivity index (χ2n) is 7.92. The van der Waals surface area contributed by atoms with E-state index in [9.17, 15) is 14.7 Å². The number of aliphatic hydroxyl groups is 1. The molecule has 9 heteroatoms. The molecule has 0 saturated carbocycles. The SMILES string of the molecule is CC(C)(O)Cn1c(-c2ccc(Cl)cc2)nn(CC(=O)CCc2cccc(Cl)c2Cl)c1=O. The Labute approximate surface area is 195 Å². The Bertz CT molecular complexity index is 1150. The molecule has 3 aromatic rings. The van der Waals surface area contributed by atoms with Crippen LogP contribution in [0.25, 0.3) is 11.4 Å². The molecule has 0 aliphatic heterocycles. The van der Waals surface area contributed by atoms with Crippen molar-refractivity contribution in [2.45, 2.75) is 45.4 Å². The molecule has 1 aromatic heterocycles. The summed E-state index contributed by atoms with van der Waals surface area (Å²) in [6.07, 6.45) is 0.586. The lowest BCUT2D eigenvalue weighted by molar-refractivity contribution is -0.119. The highest BCUT2D eigenvalue weighted by atomic mass is 35.5. The maximum absolute atomic E-state index is 13.0. The Kier molecular flexibility index (Phi) is 7.27. The van der Waals surface area contributed by atoms with Gasteiger partial charge in [0.25, 0.3) is 0 Å². The average molecular weight is 483 g/mol. The van der Waals surface area contributed by atoms with Crippen LogP contribution >= 0.6 is 34.8 Å². The number of hydrogen-bond donors (Lipinski definition) is 1. The van der Waals surface area contributed by atoms with Crippen molar-refractivity contribution in [2.75, 3.05) is 0 Å². The molecule has 3 rings (SSSR count). The summed E-state index contributed by atoms with van der Waals surface area (Å²) in [5.74, 6) is 0.184. The lowest BCUT2D eigenvalue weighted by atomic mass is 10.1. The van der Waals surface area contributed by atoms with Crippen LogP contribution in [0.4, 0.5) is 0 Å². The number of Topliss-reactive ketones (excluding diaryl/α,β-unsaturated/α-hetero) is 1. The monoisotopic (exact) mass is 481 g/mol. The van der Waals surface area contributed by atoms with E-state index in [1.54, 1.807) is 50.2 Å². The molecule has 0 radical (unpaired) electrons. The quantitative estimate of drug-likeness (QED) is 0.507. The predicted octanol–water partition coefficient (Wildman–Crippen LogP) is 4.64. The van der Waals surface area contributed by atoms with Crippen LogP contribution in [0.1, 0.15) is 25.8 Å². The topological polar surface area (TPSA) is 77.1 Å². The second-order valence-corrected chi connectivity index (χ2v) is 9.14. The van der Waals surface area contributed by atoms with Crippen molar-refractivity contribution in [1.82, 2.24) is 14.3 Å². The molecule has 1 N–H and O–H groups in total. The van der Waals surface area contributed by atoms with E-state index in [1.807, 2.05) is 6.07 Å². The average Bonchev–Trinajstić information content (AvgIpc) is 2.98. The summed E-state index contributed by atoms with van der Waals surface area (Å²) in [5.41, 5.74) is -0.195. The molecule has 0 aliphatic carbocycles. The van der Waals surface area contributed by atoms with Crippen molar-refractivity contribution in [3.05, 3.63) is 73.6 Å². The molecular weight excluding hydrogens is 461 g/mol. The molecule has 0 fully saturated rings. The number of rotatable bonds is 8. The molecule has 0 amide bonds. The van der Waals surface area contributed by atoms with Gasteiger partial charge in [-0.3, -0.25) is 9.36 Å². The van der Waals surface area contributed by atoms with Crippen molar-refractivity contribution < 1.29 is 9.90 Å². The fourth-order valence-electron chi connectivity index (χ4n) is 3.15. The number of hydrogen-bond acceptors (Lipinski definition) is 4. The first-order chi connectivity index (χ1) is 14.5. The number of nitrogens with zero attached hydrogens (tertiary/aromatic N) is 3. The molecular formula is C22H22Cl3N3O3. The minimum absolute atomic E-state index is 0.0239. The summed E-state index contributed by atoms with van der Waals surface area (Å²) in [4.78, 5) is 25.5. The van der Waals surface area contributed by atoms with Crippen molar-refractivity contribution in [1.29, 1.82) is 0 Å². The van der Waals surface area contributed by atoms with Gasteiger partial charge in [0, 0.05) is 17.0 Å². The van der Waals surface area contributed by atoms with Gasteiger partial charge >= 0.3 is 5.69 Å². The molecule has 0 saturated heterocycles. The minimum atomic E-state index is -1.15. The largest absolute Gasteiger partial charge is 0.389 e. The van der Waals surface area contributed by atoms with Gasteiger partial charge in [-0.1, -0.05) is 46.9 Å². The molecule has 0 unspecified atom stereocenters. The van der Waals surface area contributed by atoms with Crippen molar-refractivity contribution >= 4 is 40.6 Å². The van der Waals surface area contributed by atoms with E-state index in [1.165, 1.54) is 4.57 Å². The van der Waals surface area contributed by atoms with E-state index < -0.39 is 11.3 Å². The predicted molar refractivity (Wildman–Crippen MR) is 123 cm³/mol. The zero-order valence-electron chi connectivity index (χ0n) is 17.1. The second kappa shape index (κ2) is 9.57. The van der Waals surface area contributed by atoms with Gasteiger partial charge in [-0.05, 0) is 56.2 Å². The Balaban J connectivity index is 1.84. The van der Waals surface area contributed by atoms with E-state index in [4.69, 9.17) is 34.8 Å². The van der Waals surface area contributed by atoms with Crippen LogP contribution in [0.5, 0.6) is 0 Å². The zero-order chi connectivity index (χ0) is 22.8. The van der Waals surface area contributed by atoms with Crippen molar-refractivity contribution in [2.24, 2.45) is 0 Å². The highest BCUT2D eigenvalue weighted by Crippen LogP contribution is 2.26.